The van der Waals surface area contributed by atoms with Crippen molar-refractivity contribution in [3.63, 3.8) is 0 Å². The molecule has 0 aliphatic rings. The van der Waals surface area contributed by atoms with Gasteiger partial charge in [0, 0.05) is 17.7 Å². The van der Waals surface area contributed by atoms with E-state index in [0.717, 1.165) is 30.2 Å². The van der Waals surface area contributed by atoms with Gasteiger partial charge in [0.05, 0.1) is 26.9 Å². The summed E-state index contributed by atoms with van der Waals surface area (Å²) < 4.78 is 0. The van der Waals surface area contributed by atoms with Crippen LogP contribution in [-0.2, 0) is 6.42 Å². The van der Waals surface area contributed by atoms with Gasteiger partial charge in [0.1, 0.15) is 11.5 Å². The van der Waals surface area contributed by atoms with Crippen LogP contribution in [0.4, 0.5) is 11.4 Å². The van der Waals surface area contributed by atoms with Crippen LogP contribution in [0, 0.1) is 20.2 Å². The fraction of sp³-hybridized carbons (Fsp3) is 0.111. The molecule has 10 heteroatoms. The third kappa shape index (κ3) is 3.56. The summed E-state index contributed by atoms with van der Waals surface area (Å²) in [6, 6.07) is 8.84. The molecular weight excluding hydrogens is 368 g/mol. The summed E-state index contributed by atoms with van der Waals surface area (Å²) in [4.78, 5) is 38.9. The number of H-pyrrole nitrogens is 1. The molecule has 3 rings (SSSR count). The van der Waals surface area contributed by atoms with Crippen molar-refractivity contribution in [1.82, 2.24) is 9.97 Å². The third-order valence-electron chi connectivity index (χ3n) is 4.14. The molecule has 0 atom stereocenters. The van der Waals surface area contributed by atoms with E-state index >= 15 is 0 Å². The Labute approximate surface area is 157 Å². The van der Waals surface area contributed by atoms with E-state index in [2.05, 4.69) is 9.97 Å². The highest BCUT2D eigenvalue weighted by molar-refractivity contribution is 5.84. The molecule has 142 valence electrons. The predicted octanol–water partition coefficient (Wildman–Crippen LogP) is 3.36. The minimum atomic E-state index is -0.907. The second-order valence-electron chi connectivity index (χ2n) is 5.90. The second-order valence-corrected chi connectivity index (χ2v) is 5.90. The highest BCUT2D eigenvalue weighted by Gasteiger charge is 2.25. The van der Waals surface area contributed by atoms with E-state index in [9.17, 15) is 30.1 Å². The molecule has 0 aliphatic heterocycles. The highest BCUT2D eigenvalue weighted by Crippen LogP contribution is 2.30. The molecular formula is C18H14N4O6. The smallest absolute Gasteiger partial charge is 0.348 e. The second kappa shape index (κ2) is 7.27. The molecule has 0 radical (unpaired) electrons. The Balaban J connectivity index is 2.12. The molecule has 1 heterocycles. The average molecular weight is 382 g/mol. The van der Waals surface area contributed by atoms with Crippen molar-refractivity contribution in [1.29, 1.82) is 0 Å². The molecule has 28 heavy (non-hydrogen) atoms. The lowest BCUT2D eigenvalue weighted by Crippen LogP contribution is -2.12. The average Bonchev–Trinajstić information content (AvgIpc) is 2.67. The number of nitrogens with one attached hydrogen (secondary N) is 1. The van der Waals surface area contributed by atoms with E-state index in [0.29, 0.717) is 5.56 Å². The predicted molar refractivity (Wildman–Crippen MR) is 102 cm³/mol. The largest absolute Gasteiger partial charge is 0.507 e. The number of benzene rings is 2. The van der Waals surface area contributed by atoms with Gasteiger partial charge >= 0.3 is 11.4 Å². The van der Waals surface area contributed by atoms with Gasteiger partial charge in [0.2, 0.25) is 0 Å². The van der Waals surface area contributed by atoms with Gasteiger partial charge in [-0.25, -0.2) is 4.98 Å². The maximum Gasteiger partial charge on any atom is 0.348 e. The number of nitro groups is 2. The molecule has 0 fully saturated rings. The van der Waals surface area contributed by atoms with Crippen molar-refractivity contribution in [2.45, 2.75) is 13.3 Å². The minimum absolute atomic E-state index is 0.0164. The van der Waals surface area contributed by atoms with Gasteiger partial charge in [-0.2, -0.15) is 0 Å². The van der Waals surface area contributed by atoms with Crippen molar-refractivity contribution >= 4 is 34.2 Å². The number of hydrogen-bond donors (Lipinski definition) is 2. The molecule has 0 saturated carbocycles. The molecule has 2 N–H and O–H groups in total. The van der Waals surface area contributed by atoms with Crippen molar-refractivity contribution in [3.05, 3.63) is 83.8 Å². The molecule has 1 aromatic heterocycles. The number of nitro benzene ring substituents is 2. The third-order valence-corrected chi connectivity index (χ3v) is 4.14. The van der Waals surface area contributed by atoms with Gasteiger partial charge < -0.3 is 10.1 Å². The van der Waals surface area contributed by atoms with Gasteiger partial charge in [-0.15, -0.1) is 0 Å². The van der Waals surface area contributed by atoms with Crippen LogP contribution in [0.25, 0.3) is 22.9 Å². The number of aryl methyl sites for hydroxylation is 1. The van der Waals surface area contributed by atoms with Crippen LogP contribution in [0.5, 0.6) is 0 Å². The first-order chi connectivity index (χ1) is 13.3. The van der Waals surface area contributed by atoms with Crippen molar-refractivity contribution < 1.29 is 15.0 Å². The standard InChI is InChI=1S/C18H14N4O6/c1-2-10-3-5-11(6-4-10)17(23)9-14-18(24)20-13-8-16(22(27)28)15(21(25)26)7-12(13)19-14/h3-9,23H,2H2,1H3,(H,20,24). The van der Waals surface area contributed by atoms with Gasteiger partial charge in [0.25, 0.3) is 5.56 Å². The van der Waals surface area contributed by atoms with E-state index in [1.807, 2.05) is 19.1 Å². The number of nitrogens with zero attached hydrogens (tertiary/aromatic N) is 3. The van der Waals surface area contributed by atoms with Crippen LogP contribution >= 0.6 is 0 Å². The van der Waals surface area contributed by atoms with E-state index < -0.39 is 26.8 Å². The van der Waals surface area contributed by atoms with E-state index in [1.165, 1.54) is 0 Å². The van der Waals surface area contributed by atoms with Crippen LogP contribution in [0.3, 0.4) is 0 Å². The van der Waals surface area contributed by atoms with Gasteiger partial charge in [-0.3, -0.25) is 25.0 Å². The maximum absolute atomic E-state index is 12.2. The summed E-state index contributed by atoms with van der Waals surface area (Å²) in [5, 5.41) is 32.4. The van der Waals surface area contributed by atoms with Gasteiger partial charge in [-0.1, -0.05) is 31.2 Å². The van der Waals surface area contributed by atoms with E-state index in [1.54, 1.807) is 12.1 Å². The first kappa shape index (κ1) is 18.7. The summed E-state index contributed by atoms with van der Waals surface area (Å²) in [6.07, 6.45) is 1.97. The molecule has 0 aliphatic carbocycles. The van der Waals surface area contributed by atoms with Gasteiger partial charge in [0.15, 0.2) is 0 Å². The SMILES string of the molecule is CCc1ccc(C(O)=Cc2nc3cc([N+](=O)[O-])c([N+](=O)[O-])cc3[nH]c2=O)cc1. The summed E-state index contributed by atoms with van der Waals surface area (Å²) in [6.45, 7) is 1.99. The number of fused-ring (bicyclic) bond motifs is 1. The lowest BCUT2D eigenvalue weighted by molar-refractivity contribution is -0.422. The summed E-state index contributed by atoms with van der Waals surface area (Å²) >= 11 is 0. The first-order valence-corrected chi connectivity index (χ1v) is 8.17. The summed E-state index contributed by atoms with van der Waals surface area (Å²) in [5.74, 6) is -0.212. The van der Waals surface area contributed by atoms with Crippen molar-refractivity contribution in [3.8, 4) is 0 Å². The Morgan fingerprint density at radius 1 is 1.14 bits per heavy atom. The number of aliphatic hydroxyl groups excluding tert-OH is 1. The number of aromatic nitrogens is 2. The fourth-order valence-electron chi connectivity index (χ4n) is 2.64. The van der Waals surface area contributed by atoms with E-state index in [4.69, 9.17) is 0 Å². The molecule has 10 nitrogen and oxygen atoms in total. The number of aliphatic hydroxyl groups is 1. The monoisotopic (exact) mass is 382 g/mol. The molecule has 0 unspecified atom stereocenters. The molecule has 0 saturated heterocycles. The molecule has 2 aromatic carbocycles. The Hall–Kier alpha value is -4.08. The Kier molecular flexibility index (Phi) is 4.86. The molecule has 0 spiro atoms. The van der Waals surface area contributed by atoms with Crippen LogP contribution in [0.1, 0.15) is 23.7 Å². The Morgan fingerprint density at radius 2 is 1.75 bits per heavy atom. The summed E-state index contributed by atoms with van der Waals surface area (Å²) in [5.41, 5.74) is -0.882. The maximum atomic E-state index is 12.2. The lowest BCUT2D eigenvalue weighted by atomic mass is 10.1. The zero-order chi connectivity index (χ0) is 20.4. The van der Waals surface area contributed by atoms with Gasteiger partial charge in [-0.05, 0) is 12.0 Å². The fourth-order valence-corrected chi connectivity index (χ4v) is 2.64. The van der Waals surface area contributed by atoms with Crippen molar-refractivity contribution in [2.75, 3.05) is 0 Å². The number of aromatic amines is 1. The van der Waals surface area contributed by atoms with Crippen LogP contribution in [-0.4, -0.2) is 24.9 Å². The number of hydrogen-bond acceptors (Lipinski definition) is 7. The zero-order valence-corrected chi connectivity index (χ0v) is 14.6. The van der Waals surface area contributed by atoms with Crippen LogP contribution in [0.15, 0.2) is 41.2 Å². The first-order valence-electron chi connectivity index (χ1n) is 8.17. The van der Waals surface area contributed by atoms with Crippen molar-refractivity contribution in [2.24, 2.45) is 0 Å². The lowest BCUT2D eigenvalue weighted by Gasteiger charge is -2.03. The quantitative estimate of drug-likeness (QED) is 0.390. The van der Waals surface area contributed by atoms with Crippen LogP contribution in [0.2, 0.25) is 0 Å². The topological polar surface area (TPSA) is 152 Å². The molecule has 0 bridgehead atoms. The minimum Gasteiger partial charge on any atom is -0.507 e. The van der Waals surface area contributed by atoms with Crippen LogP contribution < -0.4 is 5.56 Å². The molecule has 0 amide bonds. The van der Waals surface area contributed by atoms with E-state index in [-0.39, 0.29) is 22.5 Å². The Bertz CT molecular complexity index is 1180. The highest BCUT2D eigenvalue weighted by atomic mass is 16.6. The molecule has 3 aromatic rings. The number of rotatable bonds is 5. The zero-order valence-electron chi connectivity index (χ0n) is 14.6. The summed E-state index contributed by atoms with van der Waals surface area (Å²) in [7, 11) is 0. The normalized spacial score (nSPS) is 11.5. The Morgan fingerprint density at radius 3 is 2.32 bits per heavy atom.